The van der Waals surface area contributed by atoms with Gasteiger partial charge in [-0.3, -0.25) is 0 Å². The molecule has 1 aliphatic rings. The summed E-state index contributed by atoms with van der Waals surface area (Å²) in [6.45, 7) is 7.85. The summed E-state index contributed by atoms with van der Waals surface area (Å²) in [7, 11) is 2.03. The van der Waals surface area contributed by atoms with Crippen LogP contribution in [0.4, 0.5) is 0 Å². The first-order valence-corrected chi connectivity index (χ1v) is 9.74. The van der Waals surface area contributed by atoms with Gasteiger partial charge in [0.1, 0.15) is 12.0 Å². The van der Waals surface area contributed by atoms with Gasteiger partial charge in [-0.2, -0.15) is 0 Å². The summed E-state index contributed by atoms with van der Waals surface area (Å²) >= 11 is 0. The zero-order chi connectivity index (χ0) is 19.1. The Kier molecular flexibility index (Phi) is 9.24. The second-order valence-electron chi connectivity index (χ2n) is 7.12. The number of nitrogens with one attached hydrogen (secondary N) is 1. The van der Waals surface area contributed by atoms with Crippen LogP contribution in [0.15, 0.2) is 39.9 Å². The molecule has 1 N–H and O–H groups in total. The molecular formula is C21H31IN4O2. The molecule has 1 fully saturated rings. The molecule has 0 bridgehead atoms. The number of nitrogens with zero attached hydrogens (tertiary/aromatic N) is 3. The Morgan fingerprint density at radius 2 is 2.07 bits per heavy atom. The smallest absolute Gasteiger partial charge is 0.226 e. The molecule has 0 radical (unpaired) electrons. The number of hydrogen-bond acceptors (Lipinski definition) is 4. The number of guanidine groups is 1. The van der Waals surface area contributed by atoms with Gasteiger partial charge in [-0.15, -0.1) is 24.0 Å². The van der Waals surface area contributed by atoms with E-state index in [9.17, 15) is 0 Å². The van der Waals surface area contributed by atoms with E-state index < -0.39 is 0 Å². The lowest BCUT2D eigenvalue weighted by Crippen LogP contribution is -2.40. The third-order valence-corrected chi connectivity index (χ3v) is 4.56. The van der Waals surface area contributed by atoms with E-state index in [-0.39, 0.29) is 24.0 Å². The van der Waals surface area contributed by atoms with Crippen molar-refractivity contribution in [3.8, 4) is 11.5 Å². The van der Waals surface area contributed by atoms with Crippen molar-refractivity contribution < 1.29 is 9.15 Å². The van der Waals surface area contributed by atoms with Crippen LogP contribution in [0.2, 0.25) is 0 Å². The quantitative estimate of drug-likeness (QED) is 0.244. The molecule has 28 heavy (non-hydrogen) atoms. The third kappa shape index (κ3) is 7.09. The van der Waals surface area contributed by atoms with Crippen LogP contribution >= 0.6 is 24.0 Å². The lowest BCUT2D eigenvalue weighted by atomic mass is 10.1. The molecule has 0 aliphatic heterocycles. The Morgan fingerprint density at radius 3 is 2.75 bits per heavy atom. The highest BCUT2D eigenvalue weighted by atomic mass is 127. The predicted octanol–water partition coefficient (Wildman–Crippen LogP) is 4.09. The topological polar surface area (TPSA) is 62.9 Å². The molecule has 0 unspecified atom stereocenters. The second-order valence-corrected chi connectivity index (χ2v) is 7.12. The van der Waals surface area contributed by atoms with Crippen molar-refractivity contribution in [1.82, 2.24) is 15.2 Å². The monoisotopic (exact) mass is 498 g/mol. The van der Waals surface area contributed by atoms with Gasteiger partial charge in [-0.25, -0.2) is 9.98 Å². The first-order valence-electron chi connectivity index (χ1n) is 9.74. The molecule has 2 aromatic rings. The maximum Gasteiger partial charge on any atom is 0.226 e. The zero-order valence-electron chi connectivity index (χ0n) is 17.0. The Hall–Kier alpha value is -1.61. The van der Waals surface area contributed by atoms with Gasteiger partial charge >= 0.3 is 0 Å². The first kappa shape index (κ1) is 22.7. The lowest BCUT2D eigenvalue weighted by Gasteiger charge is -2.21. The number of oxazole rings is 1. The highest BCUT2D eigenvalue weighted by Gasteiger charge is 2.21. The average Bonchev–Trinajstić information content (AvgIpc) is 3.38. The molecule has 7 heteroatoms. The summed E-state index contributed by atoms with van der Waals surface area (Å²) in [5, 5.41) is 3.32. The minimum atomic E-state index is 0. The molecule has 1 aromatic heterocycles. The minimum absolute atomic E-state index is 0. The van der Waals surface area contributed by atoms with Gasteiger partial charge < -0.3 is 19.4 Å². The van der Waals surface area contributed by atoms with Crippen LogP contribution in [0, 0.1) is 12.8 Å². The van der Waals surface area contributed by atoms with Crippen LogP contribution in [0.5, 0.6) is 0 Å². The van der Waals surface area contributed by atoms with Crippen molar-refractivity contribution in [1.29, 1.82) is 0 Å². The van der Waals surface area contributed by atoms with Crippen LogP contribution in [-0.4, -0.2) is 49.2 Å². The second kappa shape index (κ2) is 11.4. The van der Waals surface area contributed by atoms with Gasteiger partial charge in [0.05, 0.1) is 13.2 Å². The number of benzene rings is 1. The van der Waals surface area contributed by atoms with Crippen molar-refractivity contribution in [3.05, 3.63) is 41.8 Å². The highest BCUT2D eigenvalue weighted by molar-refractivity contribution is 14.0. The SMILES string of the molecule is CCNC(=NCc1coc(-c2ccc(C)cc2)n1)N(C)CCOCC1CC1.I. The molecule has 1 saturated carbocycles. The highest BCUT2D eigenvalue weighted by Crippen LogP contribution is 2.28. The maximum absolute atomic E-state index is 5.73. The van der Waals surface area contributed by atoms with E-state index in [2.05, 4.69) is 46.2 Å². The van der Waals surface area contributed by atoms with E-state index >= 15 is 0 Å². The predicted molar refractivity (Wildman–Crippen MR) is 123 cm³/mol. The fourth-order valence-corrected chi connectivity index (χ4v) is 2.68. The van der Waals surface area contributed by atoms with E-state index in [1.54, 1.807) is 6.26 Å². The van der Waals surface area contributed by atoms with E-state index in [0.717, 1.165) is 49.4 Å². The zero-order valence-corrected chi connectivity index (χ0v) is 19.3. The van der Waals surface area contributed by atoms with Crippen molar-refractivity contribution in [2.45, 2.75) is 33.2 Å². The summed E-state index contributed by atoms with van der Waals surface area (Å²) in [6, 6.07) is 8.16. The fraction of sp³-hybridized carbons (Fsp3) is 0.524. The van der Waals surface area contributed by atoms with Gasteiger partial charge in [-0.1, -0.05) is 17.7 Å². The van der Waals surface area contributed by atoms with Gasteiger partial charge in [-0.05, 0) is 44.7 Å². The summed E-state index contributed by atoms with van der Waals surface area (Å²) in [5.74, 6) is 2.28. The van der Waals surface area contributed by atoms with Gasteiger partial charge in [0, 0.05) is 32.3 Å². The number of aliphatic imine (C=N–C) groups is 1. The Labute approximate surface area is 184 Å². The van der Waals surface area contributed by atoms with Crippen molar-refractivity contribution >= 4 is 29.9 Å². The number of rotatable bonds is 9. The third-order valence-electron chi connectivity index (χ3n) is 4.56. The molecule has 3 rings (SSSR count). The van der Waals surface area contributed by atoms with E-state index in [1.807, 2.05) is 19.2 Å². The number of ether oxygens (including phenoxy) is 1. The molecule has 154 valence electrons. The molecule has 0 spiro atoms. The summed E-state index contributed by atoms with van der Waals surface area (Å²) in [5.41, 5.74) is 3.02. The van der Waals surface area contributed by atoms with Crippen molar-refractivity contribution in [2.24, 2.45) is 10.9 Å². The number of aromatic nitrogens is 1. The van der Waals surface area contributed by atoms with Gasteiger partial charge in [0.15, 0.2) is 5.96 Å². The lowest BCUT2D eigenvalue weighted by molar-refractivity contribution is 0.115. The summed E-state index contributed by atoms with van der Waals surface area (Å²) < 4.78 is 11.3. The Balaban J connectivity index is 0.00000280. The molecule has 0 amide bonds. The van der Waals surface area contributed by atoms with E-state index in [4.69, 9.17) is 9.15 Å². The number of halogens is 1. The Morgan fingerprint density at radius 1 is 1.32 bits per heavy atom. The molecule has 1 aromatic carbocycles. The molecular weight excluding hydrogens is 467 g/mol. The fourth-order valence-electron chi connectivity index (χ4n) is 2.68. The molecule has 0 atom stereocenters. The minimum Gasteiger partial charge on any atom is -0.444 e. The van der Waals surface area contributed by atoms with Crippen molar-refractivity contribution in [2.75, 3.05) is 33.4 Å². The normalized spacial score (nSPS) is 13.9. The van der Waals surface area contributed by atoms with Crippen LogP contribution in [-0.2, 0) is 11.3 Å². The number of hydrogen-bond donors (Lipinski definition) is 1. The van der Waals surface area contributed by atoms with Gasteiger partial charge in [0.25, 0.3) is 0 Å². The molecule has 0 saturated heterocycles. The summed E-state index contributed by atoms with van der Waals surface area (Å²) in [6.07, 6.45) is 4.32. The number of likely N-dealkylation sites (N-methyl/N-ethyl adjacent to an activating group) is 1. The largest absolute Gasteiger partial charge is 0.444 e. The van der Waals surface area contributed by atoms with E-state index in [1.165, 1.54) is 18.4 Å². The Bertz CT molecular complexity index is 741. The first-order chi connectivity index (χ1) is 13.2. The standard InChI is InChI=1S/C21H30N4O2.HI/c1-4-22-21(25(3)11-12-26-14-17-7-8-17)23-13-19-15-27-20(24-19)18-9-5-16(2)6-10-18;/h5-6,9-10,15,17H,4,7-8,11-14H2,1-3H3,(H,22,23);1H. The van der Waals surface area contributed by atoms with Crippen LogP contribution < -0.4 is 5.32 Å². The van der Waals surface area contributed by atoms with Crippen LogP contribution in [0.25, 0.3) is 11.5 Å². The van der Waals surface area contributed by atoms with Crippen LogP contribution in [0.3, 0.4) is 0 Å². The van der Waals surface area contributed by atoms with Crippen LogP contribution in [0.1, 0.15) is 31.0 Å². The number of aryl methyl sites for hydroxylation is 1. The maximum atomic E-state index is 5.73. The molecule has 1 aliphatic carbocycles. The van der Waals surface area contributed by atoms with Gasteiger partial charge in [0.2, 0.25) is 5.89 Å². The average molecular weight is 498 g/mol. The molecule has 6 nitrogen and oxygen atoms in total. The molecule has 1 heterocycles. The summed E-state index contributed by atoms with van der Waals surface area (Å²) in [4.78, 5) is 11.3. The van der Waals surface area contributed by atoms with E-state index in [0.29, 0.717) is 12.4 Å². The van der Waals surface area contributed by atoms with Crippen molar-refractivity contribution in [3.63, 3.8) is 0 Å².